The van der Waals surface area contributed by atoms with Crippen molar-refractivity contribution in [2.45, 2.75) is 26.4 Å². The highest BCUT2D eigenvalue weighted by molar-refractivity contribution is 6.30. The Morgan fingerprint density at radius 3 is 2.60 bits per heavy atom. The van der Waals surface area contributed by atoms with Crippen LogP contribution in [0.2, 0.25) is 5.02 Å². The van der Waals surface area contributed by atoms with Gasteiger partial charge in [-0.2, -0.15) is 13.2 Å². The summed E-state index contributed by atoms with van der Waals surface area (Å²) < 4.78 is 39.3. The van der Waals surface area contributed by atoms with E-state index in [-0.39, 0.29) is 16.4 Å². The van der Waals surface area contributed by atoms with Gasteiger partial charge in [-0.3, -0.25) is 4.79 Å². The van der Waals surface area contributed by atoms with E-state index < -0.39 is 17.6 Å². The molecule has 1 heterocycles. The number of benzene rings is 1. The van der Waals surface area contributed by atoms with Gasteiger partial charge in [0.2, 0.25) is 0 Å². The molecule has 2 N–H and O–H groups in total. The fraction of sp³-hybridized carbons (Fsp3) is 0.312. The number of amides is 1. The predicted octanol–water partition coefficient (Wildman–Crippen LogP) is 4.53. The molecule has 5 nitrogen and oxygen atoms in total. The summed E-state index contributed by atoms with van der Waals surface area (Å²) >= 11 is 5.62. The zero-order valence-electron chi connectivity index (χ0n) is 13.5. The topological polar surface area (TPSA) is 66.9 Å². The zero-order chi connectivity index (χ0) is 18.6. The van der Waals surface area contributed by atoms with Crippen molar-refractivity contribution in [3.8, 4) is 0 Å². The Morgan fingerprint density at radius 1 is 1.24 bits per heavy atom. The molecule has 0 aliphatic rings. The van der Waals surface area contributed by atoms with Gasteiger partial charge in [-0.1, -0.05) is 18.5 Å². The number of carbonyl (C=O) groups excluding carboxylic acids is 1. The molecule has 9 heteroatoms. The van der Waals surface area contributed by atoms with Crippen LogP contribution in [0.25, 0.3) is 0 Å². The fourth-order valence-corrected chi connectivity index (χ4v) is 2.25. The van der Waals surface area contributed by atoms with Crippen LogP contribution in [0, 0.1) is 6.92 Å². The minimum atomic E-state index is -4.65. The number of anilines is 2. The third-order valence-corrected chi connectivity index (χ3v) is 3.40. The van der Waals surface area contributed by atoms with Crippen LogP contribution < -0.4 is 10.6 Å². The molecule has 0 spiro atoms. The number of hydrogen-bond donors (Lipinski definition) is 2. The molecule has 1 amide bonds. The second-order valence-electron chi connectivity index (χ2n) is 5.25. The molecule has 1 aromatic heterocycles. The maximum atomic E-state index is 13.1. The number of hydrogen-bond acceptors (Lipinski definition) is 4. The van der Waals surface area contributed by atoms with Gasteiger partial charge < -0.3 is 10.6 Å². The first-order valence-electron chi connectivity index (χ1n) is 7.48. The maximum absolute atomic E-state index is 13.1. The molecule has 0 aliphatic heterocycles. The van der Waals surface area contributed by atoms with E-state index in [1.54, 1.807) is 6.92 Å². The quantitative estimate of drug-likeness (QED) is 0.809. The van der Waals surface area contributed by atoms with Crippen LogP contribution in [0.5, 0.6) is 0 Å². The van der Waals surface area contributed by atoms with Gasteiger partial charge in [-0.05, 0) is 31.5 Å². The van der Waals surface area contributed by atoms with Gasteiger partial charge in [0.25, 0.3) is 5.91 Å². The summed E-state index contributed by atoms with van der Waals surface area (Å²) in [6.45, 7) is 4.21. The van der Waals surface area contributed by atoms with E-state index in [0.29, 0.717) is 18.2 Å². The fourth-order valence-electron chi connectivity index (χ4n) is 2.07. The van der Waals surface area contributed by atoms with Crippen LogP contribution in [-0.4, -0.2) is 22.4 Å². The molecule has 134 valence electrons. The first-order valence-corrected chi connectivity index (χ1v) is 7.86. The van der Waals surface area contributed by atoms with Gasteiger partial charge in [0.15, 0.2) is 0 Å². The van der Waals surface area contributed by atoms with Gasteiger partial charge in [-0.25, -0.2) is 9.97 Å². The van der Waals surface area contributed by atoms with Crippen molar-refractivity contribution in [2.24, 2.45) is 0 Å². The lowest BCUT2D eigenvalue weighted by atomic mass is 10.1. The number of rotatable bonds is 5. The van der Waals surface area contributed by atoms with E-state index in [1.165, 1.54) is 12.1 Å². The van der Waals surface area contributed by atoms with Crippen LogP contribution in [0.4, 0.5) is 24.7 Å². The number of halogens is 4. The number of aromatic nitrogens is 2. The van der Waals surface area contributed by atoms with Crippen LogP contribution in [0.1, 0.15) is 35.2 Å². The number of nitrogens with zero attached hydrogens (tertiary/aromatic N) is 2. The van der Waals surface area contributed by atoms with Crippen LogP contribution >= 0.6 is 11.6 Å². The third-order valence-electron chi connectivity index (χ3n) is 3.16. The van der Waals surface area contributed by atoms with E-state index in [0.717, 1.165) is 18.6 Å². The molecule has 0 saturated carbocycles. The Balaban J connectivity index is 2.30. The molecule has 2 rings (SSSR count). The molecule has 0 saturated heterocycles. The van der Waals surface area contributed by atoms with Crippen LogP contribution in [0.3, 0.4) is 0 Å². The lowest BCUT2D eigenvalue weighted by Gasteiger charge is -2.14. The van der Waals surface area contributed by atoms with Crippen molar-refractivity contribution in [3.05, 3.63) is 46.4 Å². The van der Waals surface area contributed by atoms with Crippen molar-refractivity contribution in [2.75, 3.05) is 17.2 Å². The molecule has 25 heavy (non-hydrogen) atoms. The van der Waals surface area contributed by atoms with E-state index in [2.05, 4.69) is 20.6 Å². The Kier molecular flexibility index (Phi) is 5.84. The van der Waals surface area contributed by atoms with Gasteiger partial charge in [0.05, 0.1) is 11.3 Å². The first kappa shape index (κ1) is 19.0. The normalized spacial score (nSPS) is 11.3. The molecule has 0 aliphatic carbocycles. The average Bonchev–Trinajstić information content (AvgIpc) is 2.53. The van der Waals surface area contributed by atoms with Crippen molar-refractivity contribution >= 4 is 29.0 Å². The summed E-state index contributed by atoms with van der Waals surface area (Å²) in [5.74, 6) is 0.00271. The number of alkyl halides is 3. The predicted molar refractivity (Wildman–Crippen MR) is 90.0 cm³/mol. The molecule has 2 aromatic rings. The molecular formula is C16H16ClF3N4O. The highest BCUT2D eigenvalue weighted by atomic mass is 35.5. The summed E-state index contributed by atoms with van der Waals surface area (Å²) in [5.41, 5.74) is -1.45. The summed E-state index contributed by atoms with van der Waals surface area (Å²) in [6, 6.07) is 4.52. The van der Waals surface area contributed by atoms with E-state index in [9.17, 15) is 18.0 Å². The molecule has 0 atom stereocenters. The van der Waals surface area contributed by atoms with Crippen LogP contribution in [0.15, 0.2) is 24.3 Å². The van der Waals surface area contributed by atoms with Crippen molar-refractivity contribution in [1.29, 1.82) is 0 Å². The molecule has 0 fully saturated rings. The SMILES string of the molecule is CCCNc1cc(C(=O)Nc2ccc(Cl)cc2C(F)(F)F)nc(C)n1. The lowest BCUT2D eigenvalue weighted by molar-refractivity contribution is -0.136. The second-order valence-corrected chi connectivity index (χ2v) is 5.69. The van der Waals surface area contributed by atoms with E-state index >= 15 is 0 Å². The lowest BCUT2D eigenvalue weighted by Crippen LogP contribution is -2.19. The Bertz CT molecular complexity index is 780. The summed E-state index contributed by atoms with van der Waals surface area (Å²) in [6.07, 6.45) is -3.80. The Hall–Kier alpha value is -2.35. The molecule has 0 bridgehead atoms. The average molecular weight is 373 g/mol. The maximum Gasteiger partial charge on any atom is 0.418 e. The van der Waals surface area contributed by atoms with Gasteiger partial charge >= 0.3 is 6.18 Å². The summed E-state index contributed by atoms with van der Waals surface area (Å²) in [5, 5.41) is 5.17. The largest absolute Gasteiger partial charge is 0.418 e. The van der Waals surface area contributed by atoms with Crippen molar-refractivity contribution in [3.63, 3.8) is 0 Å². The monoisotopic (exact) mass is 372 g/mol. The number of carbonyl (C=O) groups is 1. The van der Waals surface area contributed by atoms with E-state index in [1.807, 2.05) is 6.92 Å². The molecule has 0 radical (unpaired) electrons. The van der Waals surface area contributed by atoms with Crippen molar-refractivity contribution in [1.82, 2.24) is 9.97 Å². The highest BCUT2D eigenvalue weighted by Crippen LogP contribution is 2.36. The van der Waals surface area contributed by atoms with Crippen LogP contribution in [-0.2, 0) is 6.18 Å². The van der Waals surface area contributed by atoms with Gasteiger partial charge in [0, 0.05) is 17.6 Å². The molecule has 0 unspecified atom stereocenters. The highest BCUT2D eigenvalue weighted by Gasteiger charge is 2.34. The number of aryl methyl sites for hydroxylation is 1. The van der Waals surface area contributed by atoms with Gasteiger partial charge in [0.1, 0.15) is 17.3 Å². The summed E-state index contributed by atoms with van der Waals surface area (Å²) in [4.78, 5) is 20.4. The standard InChI is InChI=1S/C16H16ClF3N4O/c1-3-6-21-14-8-13(22-9(2)23-14)15(25)24-12-5-4-10(17)7-11(12)16(18,19)20/h4-5,7-8H,3,6H2,1-2H3,(H,24,25)(H,21,22,23). The molecular weight excluding hydrogens is 357 g/mol. The minimum absolute atomic E-state index is 0.0332. The first-order chi connectivity index (χ1) is 11.7. The zero-order valence-corrected chi connectivity index (χ0v) is 14.3. The number of nitrogens with one attached hydrogen (secondary N) is 2. The van der Waals surface area contributed by atoms with Gasteiger partial charge in [-0.15, -0.1) is 0 Å². The Labute approximate surface area is 147 Å². The molecule has 1 aromatic carbocycles. The Morgan fingerprint density at radius 2 is 1.96 bits per heavy atom. The second kappa shape index (κ2) is 7.69. The smallest absolute Gasteiger partial charge is 0.370 e. The summed E-state index contributed by atoms with van der Waals surface area (Å²) in [7, 11) is 0. The van der Waals surface area contributed by atoms with E-state index in [4.69, 9.17) is 11.6 Å². The third kappa shape index (κ3) is 5.06. The minimum Gasteiger partial charge on any atom is -0.370 e. The van der Waals surface area contributed by atoms with Crippen molar-refractivity contribution < 1.29 is 18.0 Å².